The topological polar surface area (TPSA) is 37.8 Å². The lowest BCUT2D eigenvalue weighted by molar-refractivity contribution is 0.748. The van der Waals surface area contributed by atoms with E-state index in [9.17, 15) is 0 Å². The largest absolute Gasteiger partial charge is 0.369 e. The quantitative estimate of drug-likeness (QED) is 0.555. The van der Waals surface area contributed by atoms with Crippen molar-refractivity contribution in [3.8, 4) is 0 Å². The van der Waals surface area contributed by atoms with Crippen molar-refractivity contribution in [3.05, 3.63) is 16.2 Å². The molecular weight excluding hydrogens is 310 g/mol. The summed E-state index contributed by atoms with van der Waals surface area (Å²) in [5, 5.41) is 4.83. The number of unbranched alkanes of at least 4 members (excludes halogenated alkanes) is 2. The van der Waals surface area contributed by atoms with E-state index in [4.69, 9.17) is 11.6 Å². The molecule has 0 aliphatic rings. The van der Waals surface area contributed by atoms with Crippen molar-refractivity contribution in [2.75, 3.05) is 23.9 Å². The molecular formula is C14H20ClN3S2. The number of aromatic nitrogens is 2. The highest BCUT2D eigenvalue weighted by atomic mass is 35.5. The van der Waals surface area contributed by atoms with Crippen LogP contribution in [0, 0.1) is 0 Å². The minimum atomic E-state index is 0.326. The summed E-state index contributed by atoms with van der Waals surface area (Å²) in [5.41, 5.74) is 0. The molecule has 2 aromatic rings. The molecule has 0 saturated carbocycles. The van der Waals surface area contributed by atoms with Crippen LogP contribution in [0.5, 0.6) is 0 Å². The predicted octanol–water partition coefficient (Wildman–Crippen LogP) is 4.85. The van der Waals surface area contributed by atoms with Crippen molar-refractivity contribution in [2.24, 2.45) is 0 Å². The van der Waals surface area contributed by atoms with Gasteiger partial charge in [-0.1, -0.05) is 13.3 Å². The second-order valence-electron chi connectivity index (χ2n) is 4.61. The van der Waals surface area contributed by atoms with E-state index in [0.717, 1.165) is 35.4 Å². The normalized spacial score (nSPS) is 11.2. The summed E-state index contributed by atoms with van der Waals surface area (Å²) in [6.07, 6.45) is 6.86. The first kappa shape index (κ1) is 15.9. The van der Waals surface area contributed by atoms with Crippen LogP contribution in [0.2, 0.25) is 5.28 Å². The van der Waals surface area contributed by atoms with E-state index in [-0.39, 0.29) is 0 Å². The van der Waals surface area contributed by atoms with Gasteiger partial charge in [0.05, 0.1) is 5.39 Å². The van der Waals surface area contributed by atoms with E-state index in [1.165, 1.54) is 23.5 Å². The molecule has 6 heteroatoms. The van der Waals surface area contributed by atoms with Crippen molar-refractivity contribution >= 4 is 50.7 Å². The first-order valence-electron chi connectivity index (χ1n) is 6.93. The first-order valence-corrected chi connectivity index (χ1v) is 9.52. The number of anilines is 1. The Morgan fingerprint density at radius 1 is 1.30 bits per heavy atom. The molecule has 0 amide bonds. The van der Waals surface area contributed by atoms with Crippen LogP contribution in [0.3, 0.4) is 0 Å². The molecule has 2 aromatic heterocycles. The maximum absolute atomic E-state index is 6.00. The number of thioether (sulfide) groups is 1. The Labute approximate surface area is 133 Å². The van der Waals surface area contributed by atoms with Crippen molar-refractivity contribution in [1.82, 2.24) is 9.97 Å². The molecule has 0 saturated heterocycles. The molecule has 0 bridgehead atoms. The van der Waals surface area contributed by atoms with Crippen LogP contribution in [0.25, 0.3) is 10.2 Å². The van der Waals surface area contributed by atoms with Gasteiger partial charge in [0.25, 0.3) is 0 Å². The van der Waals surface area contributed by atoms with E-state index in [2.05, 4.69) is 34.5 Å². The molecule has 2 rings (SSSR count). The third kappa shape index (κ3) is 4.24. The molecule has 0 aromatic carbocycles. The van der Waals surface area contributed by atoms with Crippen molar-refractivity contribution < 1.29 is 0 Å². The molecule has 0 aliphatic carbocycles. The lowest BCUT2D eigenvalue weighted by Crippen LogP contribution is -2.04. The minimum Gasteiger partial charge on any atom is -0.369 e. The molecule has 0 fully saturated rings. The third-order valence-electron chi connectivity index (χ3n) is 3.08. The molecule has 0 aliphatic heterocycles. The van der Waals surface area contributed by atoms with Gasteiger partial charge in [-0.15, -0.1) is 11.3 Å². The van der Waals surface area contributed by atoms with Crippen molar-refractivity contribution in [2.45, 2.75) is 32.6 Å². The minimum absolute atomic E-state index is 0.326. The lowest BCUT2D eigenvalue weighted by Gasteiger charge is -2.06. The van der Waals surface area contributed by atoms with Gasteiger partial charge in [0, 0.05) is 11.4 Å². The van der Waals surface area contributed by atoms with Gasteiger partial charge in [0.1, 0.15) is 10.6 Å². The van der Waals surface area contributed by atoms with E-state index in [0.29, 0.717) is 5.28 Å². The summed E-state index contributed by atoms with van der Waals surface area (Å²) in [4.78, 5) is 10.9. The second kappa shape index (κ2) is 8.05. The van der Waals surface area contributed by atoms with Crippen LogP contribution >= 0.6 is 34.7 Å². The SMILES string of the molecule is CCc1cc2c(NCCCCCSC)nc(Cl)nc2s1. The van der Waals surface area contributed by atoms with Gasteiger partial charge in [-0.3, -0.25) is 0 Å². The molecule has 0 atom stereocenters. The Kier molecular flexibility index (Phi) is 6.39. The summed E-state index contributed by atoms with van der Waals surface area (Å²) >= 11 is 9.60. The first-order chi connectivity index (χ1) is 9.74. The Balaban J connectivity index is 1.99. The van der Waals surface area contributed by atoms with E-state index in [1.807, 2.05) is 11.8 Å². The molecule has 3 nitrogen and oxygen atoms in total. The summed E-state index contributed by atoms with van der Waals surface area (Å²) in [6, 6.07) is 2.17. The number of thiophene rings is 1. The fraction of sp³-hybridized carbons (Fsp3) is 0.571. The van der Waals surface area contributed by atoms with Crippen LogP contribution in [0.15, 0.2) is 6.07 Å². The molecule has 0 unspecified atom stereocenters. The van der Waals surface area contributed by atoms with Gasteiger partial charge >= 0.3 is 0 Å². The third-order valence-corrected chi connectivity index (χ3v) is 5.12. The maximum Gasteiger partial charge on any atom is 0.225 e. The number of halogens is 1. The van der Waals surface area contributed by atoms with Gasteiger partial charge in [-0.2, -0.15) is 11.8 Å². The van der Waals surface area contributed by atoms with Gasteiger partial charge in [0.2, 0.25) is 5.28 Å². The highest BCUT2D eigenvalue weighted by Crippen LogP contribution is 2.30. The molecule has 0 radical (unpaired) electrons. The number of fused-ring (bicyclic) bond motifs is 1. The van der Waals surface area contributed by atoms with Crippen LogP contribution in [0.4, 0.5) is 5.82 Å². The number of hydrogen-bond donors (Lipinski definition) is 1. The van der Waals surface area contributed by atoms with Crippen molar-refractivity contribution in [3.63, 3.8) is 0 Å². The molecule has 2 heterocycles. The Morgan fingerprint density at radius 3 is 2.90 bits per heavy atom. The smallest absolute Gasteiger partial charge is 0.225 e. The lowest BCUT2D eigenvalue weighted by atomic mass is 10.2. The van der Waals surface area contributed by atoms with E-state index >= 15 is 0 Å². The molecule has 20 heavy (non-hydrogen) atoms. The average molecular weight is 330 g/mol. The fourth-order valence-corrected chi connectivity index (χ4v) is 3.69. The Morgan fingerprint density at radius 2 is 2.15 bits per heavy atom. The Hall–Kier alpha value is -0.520. The van der Waals surface area contributed by atoms with Crippen LogP contribution in [-0.4, -0.2) is 28.5 Å². The molecule has 0 spiro atoms. The van der Waals surface area contributed by atoms with Crippen molar-refractivity contribution in [1.29, 1.82) is 0 Å². The standard InChI is InChI=1S/C14H20ClN3S2/c1-3-10-9-11-12(16-7-5-4-6-8-19-2)17-14(15)18-13(11)20-10/h9H,3-8H2,1-2H3,(H,16,17,18). The zero-order chi connectivity index (χ0) is 14.4. The van der Waals surface area contributed by atoms with Gasteiger partial charge in [0.15, 0.2) is 0 Å². The fourth-order valence-electron chi connectivity index (χ4n) is 2.01. The monoisotopic (exact) mass is 329 g/mol. The van der Waals surface area contributed by atoms with Gasteiger partial charge in [-0.05, 0) is 48.9 Å². The highest BCUT2D eigenvalue weighted by Gasteiger charge is 2.10. The van der Waals surface area contributed by atoms with Crippen LogP contribution < -0.4 is 5.32 Å². The maximum atomic E-state index is 6.00. The number of nitrogens with zero attached hydrogens (tertiary/aromatic N) is 2. The van der Waals surface area contributed by atoms with Crippen LogP contribution in [-0.2, 0) is 6.42 Å². The van der Waals surface area contributed by atoms with Crippen LogP contribution in [0.1, 0.15) is 31.1 Å². The summed E-state index contributed by atoms with van der Waals surface area (Å²) in [6.45, 7) is 3.09. The number of hydrogen-bond acceptors (Lipinski definition) is 5. The molecule has 110 valence electrons. The summed E-state index contributed by atoms with van der Waals surface area (Å²) in [5.74, 6) is 2.12. The summed E-state index contributed by atoms with van der Waals surface area (Å²) < 4.78 is 0. The second-order valence-corrected chi connectivity index (χ2v) is 7.05. The zero-order valence-electron chi connectivity index (χ0n) is 11.9. The number of rotatable bonds is 8. The molecule has 1 N–H and O–H groups in total. The Bertz CT molecular complexity index is 557. The predicted molar refractivity (Wildman–Crippen MR) is 92.5 cm³/mol. The number of nitrogens with one attached hydrogen (secondary N) is 1. The van der Waals surface area contributed by atoms with Gasteiger partial charge in [-0.25, -0.2) is 9.97 Å². The average Bonchev–Trinajstić information content (AvgIpc) is 2.85. The zero-order valence-corrected chi connectivity index (χ0v) is 14.3. The summed E-state index contributed by atoms with van der Waals surface area (Å²) in [7, 11) is 0. The van der Waals surface area contributed by atoms with E-state index in [1.54, 1.807) is 11.3 Å². The van der Waals surface area contributed by atoms with Gasteiger partial charge < -0.3 is 5.32 Å². The van der Waals surface area contributed by atoms with E-state index < -0.39 is 0 Å². The number of aryl methyl sites for hydroxylation is 1. The highest BCUT2D eigenvalue weighted by molar-refractivity contribution is 7.98.